The first-order valence-electron chi connectivity index (χ1n) is 5.35. The molecule has 1 aromatic heterocycles. The van der Waals surface area contributed by atoms with Crippen molar-refractivity contribution in [2.75, 3.05) is 0 Å². The van der Waals surface area contributed by atoms with Crippen molar-refractivity contribution in [2.45, 2.75) is 19.4 Å². The van der Waals surface area contributed by atoms with Crippen molar-refractivity contribution in [3.63, 3.8) is 0 Å². The van der Waals surface area contributed by atoms with Crippen LogP contribution in [0.5, 0.6) is 0 Å². The van der Waals surface area contributed by atoms with Crippen molar-refractivity contribution in [3.8, 4) is 5.69 Å². The zero-order valence-corrected chi connectivity index (χ0v) is 12.7. The molecule has 7 heteroatoms. The second-order valence-electron chi connectivity index (χ2n) is 3.82. The van der Waals surface area contributed by atoms with Crippen molar-refractivity contribution < 1.29 is 0 Å². The molecule has 0 saturated carbocycles. The molecule has 2 aromatic rings. The number of nitrogens with zero attached hydrogens (tertiary/aromatic N) is 3. The molecule has 1 aromatic carbocycles. The topological polar surface area (TPSA) is 56.7 Å². The van der Waals surface area contributed by atoms with E-state index in [2.05, 4.69) is 26.2 Å². The molecule has 96 valence electrons. The summed E-state index contributed by atoms with van der Waals surface area (Å²) in [6.45, 7) is 1.99. The van der Waals surface area contributed by atoms with Crippen LogP contribution in [0.3, 0.4) is 0 Å². The van der Waals surface area contributed by atoms with Crippen LogP contribution in [0.25, 0.3) is 5.69 Å². The fraction of sp³-hybridized carbons (Fsp3) is 0.273. The minimum atomic E-state index is -0.133. The van der Waals surface area contributed by atoms with Gasteiger partial charge in [0.2, 0.25) is 0 Å². The van der Waals surface area contributed by atoms with Gasteiger partial charge in [-0.3, -0.25) is 0 Å². The Morgan fingerprint density at radius 3 is 2.56 bits per heavy atom. The molecule has 2 N–H and O–H groups in total. The van der Waals surface area contributed by atoms with Crippen LogP contribution >= 0.6 is 39.1 Å². The molecule has 0 spiro atoms. The van der Waals surface area contributed by atoms with Crippen LogP contribution in [0.15, 0.2) is 22.8 Å². The van der Waals surface area contributed by atoms with Gasteiger partial charge in [0.1, 0.15) is 5.69 Å². The standard InChI is InChI=1S/C11H11BrCl2N4/c1-2-9(15)10-5-18(17-16-10)11-7(13)3-6(12)4-8(11)14/h3-5,9H,2,15H2,1H3. The first kappa shape index (κ1) is 13.8. The molecule has 0 radical (unpaired) electrons. The van der Waals surface area contributed by atoms with Gasteiger partial charge in [0, 0.05) is 4.47 Å². The van der Waals surface area contributed by atoms with Crippen LogP contribution in [0.2, 0.25) is 10.0 Å². The van der Waals surface area contributed by atoms with E-state index >= 15 is 0 Å². The summed E-state index contributed by atoms with van der Waals surface area (Å²) in [4.78, 5) is 0. The third-order valence-electron chi connectivity index (χ3n) is 2.54. The lowest BCUT2D eigenvalue weighted by molar-refractivity contribution is 0.670. The van der Waals surface area contributed by atoms with Gasteiger partial charge in [0.05, 0.1) is 28.0 Å². The molecule has 2 rings (SSSR count). The smallest absolute Gasteiger partial charge is 0.104 e. The first-order valence-corrected chi connectivity index (χ1v) is 6.90. The number of hydrogen-bond acceptors (Lipinski definition) is 3. The van der Waals surface area contributed by atoms with Crippen molar-refractivity contribution in [1.29, 1.82) is 0 Å². The lowest BCUT2D eigenvalue weighted by atomic mass is 10.2. The van der Waals surface area contributed by atoms with Crippen molar-refractivity contribution in [1.82, 2.24) is 15.0 Å². The third-order valence-corrected chi connectivity index (χ3v) is 3.58. The molecule has 18 heavy (non-hydrogen) atoms. The van der Waals surface area contributed by atoms with Gasteiger partial charge in [-0.1, -0.05) is 51.3 Å². The third kappa shape index (κ3) is 2.69. The number of nitrogens with two attached hydrogens (primary N) is 1. The van der Waals surface area contributed by atoms with Gasteiger partial charge in [0.15, 0.2) is 0 Å². The Bertz CT molecular complexity index is 547. The van der Waals surface area contributed by atoms with Gasteiger partial charge in [-0.25, -0.2) is 4.68 Å². The maximum absolute atomic E-state index is 6.16. The van der Waals surface area contributed by atoms with Crippen molar-refractivity contribution >= 4 is 39.1 Å². The van der Waals surface area contributed by atoms with E-state index in [0.29, 0.717) is 21.4 Å². The molecular formula is C11H11BrCl2N4. The van der Waals surface area contributed by atoms with Crippen LogP contribution in [0.4, 0.5) is 0 Å². The highest BCUT2D eigenvalue weighted by Crippen LogP contribution is 2.32. The Morgan fingerprint density at radius 2 is 2.00 bits per heavy atom. The van der Waals surface area contributed by atoms with E-state index in [9.17, 15) is 0 Å². The van der Waals surface area contributed by atoms with Gasteiger partial charge in [-0.05, 0) is 18.6 Å². The summed E-state index contributed by atoms with van der Waals surface area (Å²) in [7, 11) is 0. The highest BCUT2D eigenvalue weighted by Gasteiger charge is 2.14. The number of halogens is 3. The zero-order chi connectivity index (χ0) is 13.3. The van der Waals surface area contributed by atoms with Crippen LogP contribution < -0.4 is 5.73 Å². The predicted octanol–water partition coefficient (Wildman–Crippen LogP) is 3.75. The first-order chi connectivity index (χ1) is 8.52. The summed E-state index contributed by atoms with van der Waals surface area (Å²) in [6.07, 6.45) is 2.54. The second kappa shape index (κ2) is 5.57. The van der Waals surface area contributed by atoms with E-state index in [1.165, 1.54) is 0 Å². The van der Waals surface area contributed by atoms with E-state index in [1.807, 2.05) is 6.92 Å². The average molecular weight is 350 g/mol. The van der Waals surface area contributed by atoms with Gasteiger partial charge in [-0.2, -0.15) is 0 Å². The molecule has 0 amide bonds. The predicted molar refractivity (Wildman–Crippen MR) is 76.3 cm³/mol. The minimum Gasteiger partial charge on any atom is -0.323 e. The summed E-state index contributed by atoms with van der Waals surface area (Å²) in [5.41, 5.74) is 7.21. The SMILES string of the molecule is CCC(N)c1cn(-c2c(Cl)cc(Br)cc2Cl)nn1. The Labute approximate surface area is 123 Å². The molecule has 0 aliphatic carbocycles. The molecule has 4 nitrogen and oxygen atoms in total. The molecular weight excluding hydrogens is 339 g/mol. The van der Waals surface area contributed by atoms with E-state index in [-0.39, 0.29) is 6.04 Å². The average Bonchev–Trinajstić information content (AvgIpc) is 2.76. The van der Waals surface area contributed by atoms with Gasteiger partial charge in [0.25, 0.3) is 0 Å². The van der Waals surface area contributed by atoms with E-state index in [0.717, 1.165) is 10.9 Å². The van der Waals surface area contributed by atoms with Crippen LogP contribution in [-0.4, -0.2) is 15.0 Å². The maximum atomic E-state index is 6.16. The van der Waals surface area contributed by atoms with Crippen LogP contribution in [0, 0.1) is 0 Å². The number of benzene rings is 1. The number of aromatic nitrogens is 3. The van der Waals surface area contributed by atoms with Gasteiger partial charge < -0.3 is 5.73 Å². The zero-order valence-electron chi connectivity index (χ0n) is 9.57. The van der Waals surface area contributed by atoms with Crippen molar-refractivity contribution in [2.24, 2.45) is 5.73 Å². The Hall–Kier alpha value is -0.620. The number of hydrogen-bond donors (Lipinski definition) is 1. The molecule has 1 heterocycles. The lowest BCUT2D eigenvalue weighted by Crippen LogP contribution is -2.08. The molecule has 0 aliphatic heterocycles. The second-order valence-corrected chi connectivity index (χ2v) is 5.55. The molecule has 0 bridgehead atoms. The largest absolute Gasteiger partial charge is 0.323 e. The summed E-state index contributed by atoms with van der Waals surface area (Å²) in [5, 5.41) is 9.03. The minimum absolute atomic E-state index is 0.133. The Balaban J connectivity index is 2.46. The number of rotatable bonds is 3. The summed E-state index contributed by atoms with van der Waals surface area (Å²) < 4.78 is 2.36. The van der Waals surface area contributed by atoms with Crippen LogP contribution in [-0.2, 0) is 0 Å². The van der Waals surface area contributed by atoms with Crippen molar-refractivity contribution in [3.05, 3.63) is 38.5 Å². The summed E-state index contributed by atoms with van der Waals surface area (Å²) >= 11 is 15.6. The quantitative estimate of drug-likeness (QED) is 0.918. The monoisotopic (exact) mass is 348 g/mol. The van der Waals surface area contributed by atoms with Crippen LogP contribution in [0.1, 0.15) is 25.1 Å². The summed E-state index contributed by atoms with van der Waals surface area (Å²) in [6, 6.07) is 3.38. The lowest BCUT2D eigenvalue weighted by Gasteiger charge is -2.07. The highest BCUT2D eigenvalue weighted by molar-refractivity contribution is 9.10. The summed E-state index contributed by atoms with van der Waals surface area (Å²) in [5.74, 6) is 0. The van der Waals surface area contributed by atoms with E-state index in [4.69, 9.17) is 28.9 Å². The molecule has 0 saturated heterocycles. The maximum Gasteiger partial charge on any atom is 0.104 e. The molecule has 1 atom stereocenters. The fourth-order valence-electron chi connectivity index (χ4n) is 1.52. The van der Waals surface area contributed by atoms with E-state index in [1.54, 1.807) is 23.0 Å². The normalized spacial score (nSPS) is 12.7. The van der Waals surface area contributed by atoms with E-state index < -0.39 is 0 Å². The molecule has 0 fully saturated rings. The molecule has 0 aliphatic rings. The molecule has 1 unspecified atom stereocenters. The highest BCUT2D eigenvalue weighted by atomic mass is 79.9. The Morgan fingerprint density at radius 1 is 1.39 bits per heavy atom. The fourth-order valence-corrected chi connectivity index (χ4v) is 2.90. The van der Waals surface area contributed by atoms with Gasteiger partial charge >= 0.3 is 0 Å². The van der Waals surface area contributed by atoms with Gasteiger partial charge in [-0.15, -0.1) is 5.10 Å². The Kier molecular flexibility index (Phi) is 4.27.